The lowest BCUT2D eigenvalue weighted by molar-refractivity contribution is 0.102. The second-order valence-corrected chi connectivity index (χ2v) is 11.4. The number of rotatable bonds is 6. The van der Waals surface area contributed by atoms with Gasteiger partial charge in [0.15, 0.2) is 5.16 Å². The van der Waals surface area contributed by atoms with E-state index >= 15 is 0 Å². The maximum absolute atomic E-state index is 13.8. The quantitative estimate of drug-likeness (QED) is 0.181. The molecule has 1 aliphatic rings. The molecule has 6 rings (SSSR count). The summed E-state index contributed by atoms with van der Waals surface area (Å²) in [5.74, 6) is 1.18. The number of benzene rings is 3. The van der Waals surface area contributed by atoms with Gasteiger partial charge >= 0.3 is 0 Å². The first-order valence-corrected chi connectivity index (χ1v) is 14.5. The van der Waals surface area contributed by atoms with Gasteiger partial charge in [0.2, 0.25) is 0 Å². The van der Waals surface area contributed by atoms with Gasteiger partial charge in [0.1, 0.15) is 5.82 Å². The molecule has 0 spiro atoms. The Labute approximate surface area is 231 Å². The molecule has 0 radical (unpaired) electrons. The molecular formula is C31H31N5O2S. The number of aromatic amines is 1. The van der Waals surface area contributed by atoms with E-state index in [9.17, 15) is 9.59 Å². The fraction of sp³-hybridized carbons (Fsp3) is 0.290. The number of nitrogens with one attached hydrogen (secondary N) is 2. The molecule has 0 atom stereocenters. The zero-order valence-electron chi connectivity index (χ0n) is 22.2. The maximum atomic E-state index is 13.8. The number of aryl methyl sites for hydroxylation is 2. The van der Waals surface area contributed by atoms with E-state index in [-0.39, 0.29) is 17.5 Å². The van der Waals surface area contributed by atoms with Crippen LogP contribution >= 0.6 is 11.8 Å². The minimum absolute atomic E-state index is 0.0414. The van der Waals surface area contributed by atoms with Crippen molar-refractivity contribution >= 4 is 45.3 Å². The van der Waals surface area contributed by atoms with Gasteiger partial charge in [-0.15, -0.1) is 0 Å². The summed E-state index contributed by atoms with van der Waals surface area (Å²) >= 11 is 1.52. The summed E-state index contributed by atoms with van der Waals surface area (Å²) in [4.78, 5) is 40.0. The lowest BCUT2D eigenvalue weighted by Crippen LogP contribution is -2.29. The van der Waals surface area contributed by atoms with E-state index in [4.69, 9.17) is 9.97 Å². The molecule has 3 aromatic carbocycles. The molecule has 198 valence electrons. The van der Waals surface area contributed by atoms with Gasteiger partial charge in [0, 0.05) is 17.3 Å². The highest BCUT2D eigenvalue weighted by molar-refractivity contribution is 7.98. The monoisotopic (exact) mass is 537 g/mol. The summed E-state index contributed by atoms with van der Waals surface area (Å²) in [5.41, 5.74) is 5.79. The third kappa shape index (κ3) is 5.34. The van der Waals surface area contributed by atoms with Gasteiger partial charge in [-0.2, -0.15) is 0 Å². The van der Waals surface area contributed by atoms with Crippen LogP contribution in [0.5, 0.6) is 0 Å². The number of thioether (sulfide) groups is 1. The number of hydrogen-bond donors (Lipinski definition) is 2. The number of nitrogens with zero attached hydrogens (tertiary/aromatic N) is 3. The average molecular weight is 538 g/mol. The molecule has 2 N–H and O–H groups in total. The van der Waals surface area contributed by atoms with Crippen molar-refractivity contribution in [2.24, 2.45) is 0 Å². The van der Waals surface area contributed by atoms with Gasteiger partial charge in [0.05, 0.1) is 27.7 Å². The third-order valence-electron chi connectivity index (χ3n) is 7.33. The number of fused-ring (bicyclic) bond motifs is 2. The van der Waals surface area contributed by atoms with Crippen LogP contribution in [0.1, 0.15) is 65.5 Å². The van der Waals surface area contributed by atoms with Gasteiger partial charge in [-0.05, 0) is 80.3 Å². The van der Waals surface area contributed by atoms with E-state index < -0.39 is 0 Å². The minimum Gasteiger partial charge on any atom is -0.341 e. The fourth-order valence-corrected chi connectivity index (χ4v) is 6.48. The highest BCUT2D eigenvalue weighted by Crippen LogP contribution is 2.32. The SMILES string of the molecule is Cc1cc(C)cc(NC(=O)c2ccc3c(=O)n(C4CCCCC4)c(SCc4nc5ccccc5[nH]4)nc3c2)c1. The number of anilines is 1. The minimum atomic E-state index is -0.225. The topological polar surface area (TPSA) is 92.7 Å². The number of para-hydroxylation sites is 2. The Hall–Kier alpha value is -3.91. The summed E-state index contributed by atoms with van der Waals surface area (Å²) in [6.45, 7) is 4.01. The first-order chi connectivity index (χ1) is 18.9. The fourth-order valence-electron chi connectivity index (χ4n) is 5.54. The molecule has 1 fully saturated rings. The standard InChI is InChI=1S/C31H31N5O2S/c1-19-14-20(2)16-22(15-19)32-29(37)21-12-13-24-27(17-21)35-31(36(30(24)38)23-8-4-3-5-9-23)39-18-28-33-25-10-6-7-11-26(25)34-28/h6-7,10-17,23H,3-5,8-9,18H2,1-2H3,(H,32,37)(H,33,34). The molecule has 1 amide bonds. The number of imidazole rings is 1. The predicted molar refractivity (Wildman–Crippen MR) is 158 cm³/mol. The van der Waals surface area contributed by atoms with Gasteiger partial charge < -0.3 is 10.3 Å². The van der Waals surface area contributed by atoms with Crippen molar-refractivity contribution in [3.8, 4) is 0 Å². The zero-order chi connectivity index (χ0) is 26.9. The molecule has 8 heteroatoms. The molecule has 0 bridgehead atoms. The Kier molecular flexibility index (Phi) is 6.95. The predicted octanol–water partition coefficient (Wildman–Crippen LogP) is 6.94. The van der Waals surface area contributed by atoms with Crippen molar-refractivity contribution < 1.29 is 4.79 Å². The Morgan fingerprint density at radius 1 is 0.974 bits per heavy atom. The highest BCUT2D eigenvalue weighted by atomic mass is 32.2. The van der Waals surface area contributed by atoms with E-state index in [0.29, 0.717) is 27.4 Å². The first-order valence-electron chi connectivity index (χ1n) is 13.5. The maximum Gasteiger partial charge on any atom is 0.262 e. The van der Waals surface area contributed by atoms with Crippen molar-refractivity contribution in [3.63, 3.8) is 0 Å². The largest absolute Gasteiger partial charge is 0.341 e. The lowest BCUT2D eigenvalue weighted by Gasteiger charge is -2.26. The van der Waals surface area contributed by atoms with Crippen molar-refractivity contribution in [1.29, 1.82) is 0 Å². The van der Waals surface area contributed by atoms with Crippen LogP contribution < -0.4 is 10.9 Å². The van der Waals surface area contributed by atoms with Crippen molar-refractivity contribution in [2.75, 3.05) is 5.32 Å². The number of H-pyrrole nitrogens is 1. The second-order valence-electron chi connectivity index (χ2n) is 10.4. The molecule has 1 aliphatic carbocycles. The molecule has 0 aliphatic heterocycles. The molecule has 7 nitrogen and oxygen atoms in total. The summed E-state index contributed by atoms with van der Waals surface area (Å²) < 4.78 is 1.89. The molecule has 2 heterocycles. The first kappa shape index (κ1) is 25.4. The van der Waals surface area contributed by atoms with E-state index in [1.54, 1.807) is 18.2 Å². The van der Waals surface area contributed by atoms with Crippen molar-refractivity contribution in [3.05, 3.63) is 93.5 Å². The van der Waals surface area contributed by atoms with Crippen LogP contribution in [0.2, 0.25) is 0 Å². The smallest absolute Gasteiger partial charge is 0.262 e. The number of carbonyl (C=O) groups is 1. The summed E-state index contributed by atoms with van der Waals surface area (Å²) in [7, 11) is 0. The third-order valence-corrected chi connectivity index (χ3v) is 8.29. The van der Waals surface area contributed by atoms with Gasteiger partial charge in [-0.25, -0.2) is 9.97 Å². The van der Waals surface area contributed by atoms with E-state index in [1.165, 1.54) is 18.2 Å². The van der Waals surface area contributed by atoms with Crippen LogP contribution in [0.25, 0.3) is 21.9 Å². The second kappa shape index (κ2) is 10.7. The number of amides is 1. The van der Waals surface area contributed by atoms with Crippen molar-refractivity contribution in [2.45, 2.75) is 62.9 Å². The van der Waals surface area contributed by atoms with Gasteiger partial charge in [-0.3, -0.25) is 14.2 Å². The number of carbonyl (C=O) groups excluding carboxylic acids is 1. The Morgan fingerprint density at radius 2 is 1.74 bits per heavy atom. The van der Waals surface area contributed by atoms with Crippen LogP contribution in [-0.4, -0.2) is 25.4 Å². The normalized spacial score (nSPS) is 14.2. The van der Waals surface area contributed by atoms with Gasteiger partial charge in [-0.1, -0.05) is 49.2 Å². The summed E-state index contributed by atoms with van der Waals surface area (Å²) in [5, 5.41) is 4.20. The van der Waals surface area contributed by atoms with Crippen LogP contribution in [0, 0.1) is 13.8 Å². The average Bonchev–Trinajstić information content (AvgIpc) is 3.35. The van der Waals surface area contributed by atoms with Crippen molar-refractivity contribution in [1.82, 2.24) is 19.5 Å². The molecule has 39 heavy (non-hydrogen) atoms. The van der Waals surface area contributed by atoms with Crippen LogP contribution in [0.3, 0.4) is 0 Å². The van der Waals surface area contributed by atoms with Crippen LogP contribution in [0.4, 0.5) is 5.69 Å². The van der Waals surface area contributed by atoms with Crippen LogP contribution in [-0.2, 0) is 5.75 Å². The summed E-state index contributed by atoms with van der Waals surface area (Å²) in [6, 6.07) is 19.2. The Bertz CT molecular complexity index is 1700. The van der Waals surface area contributed by atoms with Gasteiger partial charge in [0.25, 0.3) is 11.5 Å². The lowest BCUT2D eigenvalue weighted by atomic mass is 9.95. The highest BCUT2D eigenvalue weighted by Gasteiger charge is 2.23. The molecule has 2 aromatic heterocycles. The number of aromatic nitrogens is 4. The van der Waals surface area contributed by atoms with E-state index in [1.807, 2.05) is 54.8 Å². The zero-order valence-corrected chi connectivity index (χ0v) is 23.0. The molecule has 0 unspecified atom stereocenters. The molecular weight excluding hydrogens is 506 g/mol. The van der Waals surface area contributed by atoms with Crippen LogP contribution in [0.15, 0.2) is 70.6 Å². The van der Waals surface area contributed by atoms with E-state index in [2.05, 4.69) is 16.4 Å². The molecule has 5 aromatic rings. The molecule has 1 saturated carbocycles. The Balaban J connectivity index is 1.35. The summed E-state index contributed by atoms with van der Waals surface area (Å²) in [6.07, 6.45) is 5.37. The Morgan fingerprint density at radius 3 is 2.51 bits per heavy atom. The van der Waals surface area contributed by atoms with E-state index in [0.717, 1.165) is 59.4 Å². The molecule has 0 saturated heterocycles. The number of hydrogen-bond acceptors (Lipinski definition) is 5.